The monoisotopic (exact) mass is 288 g/mol. The van der Waals surface area contributed by atoms with Gasteiger partial charge in [-0.1, -0.05) is 17.3 Å². The Balaban J connectivity index is 1.66. The second kappa shape index (κ2) is 5.73. The van der Waals surface area contributed by atoms with Crippen LogP contribution in [0.5, 0.6) is 0 Å². The molecule has 6 heteroatoms. The van der Waals surface area contributed by atoms with Gasteiger partial charge in [-0.3, -0.25) is 4.79 Å². The molecule has 21 heavy (non-hydrogen) atoms. The van der Waals surface area contributed by atoms with E-state index in [1.165, 1.54) is 5.69 Å². The van der Waals surface area contributed by atoms with E-state index in [-0.39, 0.29) is 0 Å². The predicted molar refractivity (Wildman–Crippen MR) is 81.4 cm³/mol. The first-order valence-electron chi connectivity index (χ1n) is 7.19. The number of primary amides is 1. The lowest BCUT2D eigenvalue weighted by Crippen LogP contribution is -2.44. The highest BCUT2D eigenvalue weighted by atomic mass is 16.6. The molecule has 0 aromatic heterocycles. The molecule has 1 aromatic carbocycles. The number of likely N-dealkylation sites (N-methyl/N-ethyl adjacent to an activating group) is 1. The number of nitrogens with two attached hydrogens (primary N) is 1. The van der Waals surface area contributed by atoms with Crippen LogP contribution in [0.2, 0.25) is 0 Å². The van der Waals surface area contributed by atoms with Gasteiger partial charge in [-0.2, -0.15) is 0 Å². The van der Waals surface area contributed by atoms with Crippen LogP contribution in [0.4, 0.5) is 5.69 Å². The third-order valence-corrected chi connectivity index (χ3v) is 4.06. The molecule has 112 valence electrons. The molecule has 0 saturated carbocycles. The highest BCUT2D eigenvalue weighted by Crippen LogP contribution is 2.21. The van der Waals surface area contributed by atoms with Crippen molar-refractivity contribution in [3.8, 4) is 0 Å². The Kier molecular flexibility index (Phi) is 3.79. The zero-order valence-electron chi connectivity index (χ0n) is 12.2. The third-order valence-electron chi connectivity index (χ3n) is 4.06. The first-order chi connectivity index (χ1) is 10.1. The molecule has 1 fully saturated rings. The summed E-state index contributed by atoms with van der Waals surface area (Å²) in [5.74, 6) is -0.470. The number of hydrogen-bond donors (Lipinski definition) is 1. The van der Waals surface area contributed by atoms with Gasteiger partial charge < -0.3 is 20.4 Å². The summed E-state index contributed by atoms with van der Waals surface area (Å²) in [6.45, 7) is 4.26. The van der Waals surface area contributed by atoms with Crippen molar-refractivity contribution in [2.45, 2.75) is 12.5 Å². The van der Waals surface area contributed by atoms with Crippen LogP contribution in [0.3, 0.4) is 0 Å². The standard InChI is InChI=1S/C15H20N4O2/c1-18-6-8-19(9-7-18)12-4-2-11(3-5-12)13-10-14(15(16)20)21-17-13/h2-5,14H,6-10H2,1H3,(H2,16,20). The minimum Gasteiger partial charge on any atom is -0.382 e. The van der Waals surface area contributed by atoms with E-state index >= 15 is 0 Å². The molecule has 2 aliphatic rings. The average molecular weight is 288 g/mol. The first kappa shape index (κ1) is 13.9. The highest BCUT2D eigenvalue weighted by Gasteiger charge is 2.26. The molecule has 2 N–H and O–H groups in total. The van der Waals surface area contributed by atoms with E-state index in [9.17, 15) is 4.79 Å². The molecular weight excluding hydrogens is 268 g/mol. The van der Waals surface area contributed by atoms with Gasteiger partial charge in [0.05, 0.1) is 5.71 Å². The SMILES string of the molecule is CN1CCN(c2ccc(C3=NOC(C(N)=O)C3)cc2)CC1. The molecule has 2 aliphatic heterocycles. The zero-order valence-corrected chi connectivity index (χ0v) is 12.2. The summed E-state index contributed by atoms with van der Waals surface area (Å²) in [6.07, 6.45) is -0.180. The highest BCUT2D eigenvalue weighted by molar-refractivity contribution is 6.04. The molecular formula is C15H20N4O2. The van der Waals surface area contributed by atoms with Gasteiger partial charge in [-0.05, 0) is 24.7 Å². The van der Waals surface area contributed by atoms with Crippen LogP contribution < -0.4 is 10.6 Å². The minimum atomic E-state index is -0.627. The van der Waals surface area contributed by atoms with E-state index in [0.717, 1.165) is 37.5 Å². The van der Waals surface area contributed by atoms with Gasteiger partial charge in [0, 0.05) is 38.3 Å². The van der Waals surface area contributed by atoms with E-state index in [4.69, 9.17) is 10.6 Å². The van der Waals surface area contributed by atoms with Crippen molar-refractivity contribution in [1.82, 2.24) is 4.90 Å². The maximum atomic E-state index is 11.1. The third kappa shape index (κ3) is 3.00. The Labute approximate surface area is 124 Å². The number of carbonyl (C=O) groups excluding carboxylic acids is 1. The average Bonchev–Trinajstić information content (AvgIpc) is 2.98. The van der Waals surface area contributed by atoms with E-state index in [1.54, 1.807) is 0 Å². The number of benzene rings is 1. The lowest BCUT2D eigenvalue weighted by atomic mass is 10.0. The van der Waals surface area contributed by atoms with Gasteiger partial charge in [0.15, 0.2) is 0 Å². The van der Waals surface area contributed by atoms with Crippen molar-refractivity contribution in [3.63, 3.8) is 0 Å². The molecule has 0 radical (unpaired) electrons. The fourth-order valence-corrected chi connectivity index (χ4v) is 2.63. The molecule has 1 saturated heterocycles. The second-order valence-corrected chi connectivity index (χ2v) is 5.58. The van der Waals surface area contributed by atoms with Crippen molar-refractivity contribution in [2.24, 2.45) is 10.9 Å². The Morgan fingerprint density at radius 3 is 2.48 bits per heavy atom. The summed E-state index contributed by atoms with van der Waals surface area (Å²) >= 11 is 0. The fourth-order valence-electron chi connectivity index (χ4n) is 2.63. The Hall–Kier alpha value is -2.08. The van der Waals surface area contributed by atoms with Crippen molar-refractivity contribution >= 4 is 17.3 Å². The van der Waals surface area contributed by atoms with Gasteiger partial charge in [-0.25, -0.2) is 0 Å². The maximum Gasteiger partial charge on any atom is 0.261 e. The van der Waals surface area contributed by atoms with Crippen molar-refractivity contribution in [1.29, 1.82) is 0 Å². The largest absolute Gasteiger partial charge is 0.382 e. The summed E-state index contributed by atoms with van der Waals surface area (Å²) in [4.78, 5) is 20.8. The number of rotatable bonds is 3. The summed E-state index contributed by atoms with van der Waals surface area (Å²) in [7, 11) is 2.15. The molecule has 0 spiro atoms. The van der Waals surface area contributed by atoms with Crippen LogP contribution in [0, 0.1) is 0 Å². The van der Waals surface area contributed by atoms with Crippen LogP contribution in [0.15, 0.2) is 29.4 Å². The quantitative estimate of drug-likeness (QED) is 0.875. The molecule has 3 rings (SSSR count). The molecule has 1 aromatic rings. The van der Waals surface area contributed by atoms with Crippen LogP contribution in [-0.2, 0) is 9.63 Å². The van der Waals surface area contributed by atoms with E-state index in [0.29, 0.717) is 6.42 Å². The maximum absolute atomic E-state index is 11.1. The lowest BCUT2D eigenvalue weighted by Gasteiger charge is -2.34. The lowest BCUT2D eigenvalue weighted by molar-refractivity contribution is -0.127. The van der Waals surface area contributed by atoms with E-state index < -0.39 is 12.0 Å². The molecule has 1 unspecified atom stereocenters. The van der Waals surface area contributed by atoms with Crippen LogP contribution in [0.25, 0.3) is 0 Å². The molecule has 1 atom stereocenters. The Bertz CT molecular complexity index is 547. The molecule has 6 nitrogen and oxygen atoms in total. The smallest absolute Gasteiger partial charge is 0.261 e. The summed E-state index contributed by atoms with van der Waals surface area (Å²) in [5, 5.41) is 3.96. The van der Waals surface area contributed by atoms with Gasteiger partial charge in [0.2, 0.25) is 6.10 Å². The molecule has 0 aliphatic carbocycles. The number of hydrogen-bond acceptors (Lipinski definition) is 5. The Morgan fingerprint density at radius 2 is 1.90 bits per heavy atom. The summed E-state index contributed by atoms with van der Waals surface area (Å²) in [5.41, 5.74) is 8.21. The fraction of sp³-hybridized carbons (Fsp3) is 0.467. The topological polar surface area (TPSA) is 71.2 Å². The van der Waals surface area contributed by atoms with E-state index in [2.05, 4.69) is 34.1 Å². The second-order valence-electron chi connectivity index (χ2n) is 5.58. The Morgan fingerprint density at radius 1 is 1.24 bits per heavy atom. The zero-order chi connectivity index (χ0) is 14.8. The van der Waals surface area contributed by atoms with Crippen LogP contribution in [0.1, 0.15) is 12.0 Å². The summed E-state index contributed by atoms with van der Waals surface area (Å²) in [6, 6.07) is 8.25. The minimum absolute atomic E-state index is 0.448. The number of oxime groups is 1. The number of piperazine rings is 1. The van der Waals surface area contributed by atoms with E-state index in [1.807, 2.05) is 12.1 Å². The molecule has 0 bridgehead atoms. The normalized spacial score (nSPS) is 22.8. The number of nitrogens with zero attached hydrogens (tertiary/aromatic N) is 3. The van der Waals surface area contributed by atoms with Crippen molar-refractivity contribution in [2.75, 3.05) is 38.1 Å². The molecule has 1 amide bonds. The van der Waals surface area contributed by atoms with Crippen molar-refractivity contribution < 1.29 is 9.63 Å². The number of amides is 1. The van der Waals surface area contributed by atoms with Gasteiger partial charge in [0.25, 0.3) is 5.91 Å². The first-order valence-corrected chi connectivity index (χ1v) is 7.19. The summed E-state index contributed by atoms with van der Waals surface area (Å²) < 4.78 is 0. The van der Waals surface area contributed by atoms with Gasteiger partial charge >= 0.3 is 0 Å². The number of anilines is 1. The molecule has 2 heterocycles. The van der Waals surface area contributed by atoms with Gasteiger partial charge in [0.1, 0.15) is 0 Å². The van der Waals surface area contributed by atoms with Crippen LogP contribution >= 0.6 is 0 Å². The van der Waals surface area contributed by atoms with Crippen LogP contribution in [-0.4, -0.2) is 55.8 Å². The number of carbonyl (C=O) groups is 1. The van der Waals surface area contributed by atoms with Crippen molar-refractivity contribution in [3.05, 3.63) is 29.8 Å². The van der Waals surface area contributed by atoms with Gasteiger partial charge in [-0.15, -0.1) is 0 Å². The predicted octanol–water partition coefficient (Wildman–Crippen LogP) is 0.417.